The maximum atomic E-state index is 10.5. The highest BCUT2D eigenvalue weighted by Crippen LogP contribution is 2.43. The van der Waals surface area contributed by atoms with Gasteiger partial charge in [0.05, 0.1) is 22.5 Å². The summed E-state index contributed by atoms with van der Waals surface area (Å²) in [5.41, 5.74) is 16.4. The fraction of sp³-hybridized carbons (Fsp3) is 0. The van der Waals surface area contributed by atoms with Crippen molar-refractivity contribution in [1.29, 1.82) is 0 Å². The molecule has 248 valence electrons. The van der Waals surface area contributed by atoms with Gasteiger partial charge in [-0.05, 0) is 78.9 Å². The lowest BCUT2D eigenvalue weighted by Gasteiger charge is -2.18. The van der Waals surface area contributed by atoms with Gasteiger partial charge in [-0.15, -0.1) is 0 Å². The van der Waals surface area contributed by atoms with Crippen LogP contribution in [0.3, 0.4) is 0 Å². The first-order chi connectivity index (χ1) is 25.4. The minimum absolute atomic E-state index is 0.109. The Morgan fingerprint density at radius 2 is 0.923 bits per heavy atom. The van der Waals surface area contributed by atoms with Gasteiger partial charge in [0.25, 0.3) is 0 Å². The van der Waals surface area contributed by atoms with Crippen molar-refractivity contribution < 1.29 is 19.7 Å². The minimum atomic E-state index is -0.125. The average molecular weight is 675 g/mol. The van der Waals surface area contributed by atoms with E-state index in [1.165, 1.54) is 12.1 Å². The molecule has 6 heteroatoms. The standard InChI is InChI=1S/C46H30N2O4/c47-40-26-22-36(29-42(40)49)51-44-28-35(20-17-32-12-6-2-7-13-32)38(24-18-33-14-8-3-9-15-33)45-39(44)25-21-34(19-16-31-10-4-1-5-11-31)46(45)52-37-23-27-41(48)43(50)30-37/h1-15,21-23,25-30,49-50H,47-48H2. The van der Waals surface area contributed by atoms with Crippen LogP contribution in [-0.2, 0) is 0 Å². The van der Waals surface area contributed by atoms with Gasteiger partial charge in [-0.1, -0.05) is 90.1 Å². The van der Waals surface area contributed by atoms with Crippen LogP contribution in [0.4, 0.5) is 11.4 Å². The second-order valence-electron chi connectivity index (χ2n) is 11.7. The molecule has 7 aromatic carbocycles. The number of phenols is 2. The Balaban J connectivity index is 1.56. The highest BCUT2D eigenvalue weighted by atomic mass is 16.5. The van der Waals surface area contributed by atoms with Crippen LogP contribution in [0.25, 0.3) is 10.8 Å². The largest absolute Gasteiger partial charge is 0.506 e. The molecule has 7 rings (SSSR count). The highest BCUT2D eigenvalue weighted by Gasteiger charge is 2.20. The third-order valence-electron chi connectivity index (χ3n) is 8.01. The Labute approximate surface area is 301 Å². The molecular formula is C46H30N2O4. The van der Waals surface area contributed by atoms with Crippen LogP contribution in [0.15, 0.2) is 146 Å². The van der Waals surface area contributed by atoms with Crippen LogP contribution in [0.5, 0.6) is 34.5 Å². The van der Waals surface area contributed by atoms with Crippen molar-refractivity contribution in [2.45, 2.75) is 0 Å². The molecule has 52 heavy (non-hydrogen) atoms. The Bertz CT molecular complexity index is 2620. The highest BCUT2D eigenvalue weighted by molar-refractivity contribution is 6.01. The molecule has 6 nitrogen and oxygen atoms in total. The number of ether oxygens (including phenoxy) is 2. The predicted molar refractivity (Wildman–Crippen MR) is 206 cm³/mol. The first-order valence-corrected chi connectivity index (χ1v) is 16.3. The van der Waals surface area contributed by atoms with Crippen molar-refractivity contribution in [3.8, 4) is 70.0 Å². The quantitative estimate of drug-likeness (QED) is 0.0842. The SMILES string of the molecule is Nc1ccc(Oc2cc(C#Cc3ccccc3)c(C#Cc3ccccc3)c3c(Oc4ccc(N)c(O)c4)c(C#Cc4ccccc4)ccc23)cc1O. The molecule has 0 bridgehead atoms. The van der Waals surface area contributed by atoms with Gasteiger partial charge in [-0.2, -0.15) is 0 Å². The molecule has 0 heterocycles. The smallest absolute Gasteiger partial charge is 0.152 e. The molecule has 0 aliphatic carbocycles. The Kier molecular flexibility index (Phi) is 9.34. The van der Waals surface area contributed by atoms with Crippen molar-refractivity contribution in [3.63, 3.8) is 0 Å². The van der Waals surface area contributed by atoms with Gasteiger partial charge in [-0.3, -0.25) is 0 Å². The van der Waals surface area contributed by atoms with Crippen molar-refractivity contribution in [2.75, 3.05) is 11.5 Å². The lowest BCUT2D eigenvalue weighted by molar-refractivity contribution is 0.456. The van der Waals surface area contributed by atoms with E-state index < -0.39 is 0 Å². The molecule has 0 spiro atoms. The topological polar surface area (TPSA) is 111 Å². The van der Waals surface area contributed by atoms with E-state index in [4.69, 9.17) is 20.9 Å². The first-order valence-electron chi connectivity index (χ1n) is 16.3. The molecule has 6 N–H and O–H groups in total. The Morgan fingerprint density at radius 1 is 0.442 bits per heavy atom. The molecule has 0 aliphatic heterocycles. The summed E-state index contributed by atoms with van der Waals surface area (Å²) in [6.45, 7) is 0. The number of anilines is 2. The number of aromatic hydroxyl groups is 2. The monoisotopic (exact) mass is 674 g/mol. The molecule has 0 amide bonds. The summed E-state index contributed by atoms with van der Waals surface area (Å²) in [7, 11) is 0. The fourth-order valence-electron chi connectivity index (χ4n) is 5.37. The van der Waals surface area contributed by atoms with Crippen LogP contribution >= 0.6 is 0 Å². The van der Waals surface area contributed by atoms with E-state index in [0.29, 0.717) is 50.5 Å². The summed E-state index contributed by atoms with van der Waals surface area (Å²) in [6.07, 6.45) is 0. The zero-order chi connectivity index (χ0) is 35.9. The van der Waals surface area contributed by atoms with E-state index in [9.17, 15) is 10.2 Å². The van der Waals surface area contributed by atoms with Gasteiger partial charge in [0.15, 0.2) is 5.75 Å². The van der Waals surface area contributed by atoms with Gasteiger partial charge in [0.1, 0.15) is 28.7 Å². The zero-order valence-corrected chi connectivity index (χ0v) is 27.7. The van der Waals surface area contributed by atoms with Crippen LogP contribution in [0, 0.1) is 35.5 Å². The summed E-state index contributed by atoms with van der Waals surface area (Å²) in [5.74, 6) is 21.1. The van der Waals surface area contributed by atoms with Gasteiger partial charge in [-0.25, -0.2) is 0 Å². The third-order valence-corrected chi connectivity index (χ3v) is 8.01. The Hall–Kier alpha value is -7.72. The second kappa shape index (κ2) is 14.8. The summed E-state index contributed by atoms with van der Waals surface area (Å²) in [5, 5.41) is 22.2. The zero-order valence-electron chi connectivity index (χ0n) is 27.7. The molecular weight excluding hydrogens is 645 g/mol. The predicted octanol–water partition coefficient (Wildman–Crippen LogP) is 9.20. The second-order valence-corrected chi connectivity index (χ2v) is 11.7. The fourth-order valence-corrected chi connectivity index (χ4v) is 5.37. The van der Waals surface area contributed by atoms with Crippen LogP contribution in [0.1, 0.15) is 33.4 Å². The molecule has 0 saturated heterocycles. The van der Waals surface area contributed by atoms with E-state index in [-0.39, 0.29) is 22.9 Å². The van der Waals surface area contributed by atoms with Gasteiger partial charge in [0.2, 0.25) is 0 Å². The molecule has 0 radical (unpaired) electrons. The van der Waals surface area contributed by atoms with Crippen LogP contribution in [0.2, 0.25) is 0 Å². The van der Waals surface area contributed by atoms with Gasteiger partial charge in [0, 0.05) is 45.2 Å². The summed E-state index contributed by atoms with van der Waals surface area (Å²) in [6, 6.07) is 43.9. The summed E-state index contributed by atoms with van der Waals surface area (Å²) >= 11 is 0. The molecule has 0 aliphatic rings. The van der Waals surface area contributed by atoms with E-state index in [1.807, 2.05) is 109 Å². The van der Waals surface area contributed by atoms with Crippen molar-refractivity contribution in [3.05, 3.63) is 179 Å². The number of hydrogen-bond donors (Lipinski definition) is 4. The van der Waals surface area contributed by atoms with E-state index in [2.05, 4.69) is 35.5 Å². The van der Waals surface area contributed by atoms with Crippen molar-refractivity contribution in [2.24, 2.45) is 0 Å². The molecule has 0 aromatic heterocycles. The van der Waals surface area contributed by atoms with Gasteiger partial charge >= 0.3 is 0 Å². The lowest BCUT2D eigenvalue weighted by Crippen LogP contribution is -1.98. The number of fused-ring (bicyclic) bond motifs is 1. The molecule has 0 unspecified atom stereocenters. The maximum Gasteiger partial charge on any atom is 0.152 e. The lowest BCUT2D eigenvalue weighted by atomic mass is 9.94. The number of phenolic OH excluding ortho intramolecular Hbond substituents is 2. The molecule has 0 saturated carbocycles. The van der Waals surface area contributed by atoms with Crippen molar-refractivity contribution >= 4 is 22.1 Å². The summed E-state index contributed by atoms with van der Waals surface area (Å²) in [4.78, 5) is 0. The number of nitrogen functional groups attached to an aromatic ring is 2. The number of hydrogen-bond acceptors (Lipinski definition) is 6. The Morgan fingerprint density at radius 3 is 1.44 bits per heavy atom. The molecule has 0 atom stereocenters. The third kappa shape index (κ3) is 7.46. The first kappa shape index (κ1) is 32.8. The van der Waals surface area contributed by atoms with E-state index in [1.54, 1.807) is 24.3 Å². The van der Waals surface area contributed by atoms with Crippen LogP contribution in [-0.4, -0.2) is 10.2 Å². The normalized spacial score (nSPS) is 10.2. The maximum absolute atomic E-state index is 10.5. The number of rotatable bonds is 4. The van der Waals surface area contributed by atoms with Crippen molar-refractivity contribution in [1.82, 2.24) is 0 Å². The van der Waals surface area contributed by atoms with E-state index >= 15 is 0 Å². The van der Waals surface area contributed by atoms with Gasteiger partial charge < -0.3 is 31.2 Å². The molecule has 7 aromatic rings. The van der Waals surface area contributed by atoms with E-state index in [0.717, 1.165) is 16.7 Å². The average Bonchev–Trinajstić information content (AvgIpc) is 3.17. The number of nitrogens with two attached hydrogens (primary N) is 2. The summed E-state index contributed by atoms with van der Waals surface area (Å²) < 4.78 is 13.1. The van der Waals surface area contributed by atoms with Crippen LogP contribution < -0.4 is 20.9 Å². The minimum Gasteiger partial charge on any atom is -0.506 e. The number of benzene rings is 7. The molecule has 0 fully saturated rings.